The van der Waals surface area contributed by atoms with Crippen LogP contribution >= 0.6 is 34.4 Å². The summed E-state index contributed by atoms with van der Waals surface area (Å²) in [7, 11) is 0. The van der Waals surface area contributed by atoms with Crippen LogP contribution in [-0.2, 0) is 11.3 Å². The summed E-state index contributed by atoms with van der Waals surface area (Å²) in [5.41, 5.74) is 5.54. The number of aromatic nitrogens is 2. The Bertz CT molecular complexity index is 900. The van der Waals surface area contributed by atoms with Crippen LogP contribution in [0.3, 0.4) is 0 Å². The number of ether oxygens (including phenoxy) is 2. The zero-order valence-corrected chi connectivity index (χ0v) is 17.8. The van der Waals surface area contributed by atoms with Gasteiger partial charge in [-0.05, 0) is 41.1 Å². The Morgan fingerprint density at radius 2 is 2.07 bits per heavy atom. The summed E-state index contributed by atoms with van der Waals surface area (Å²) >= 11 is 3.60. The lowest BCUT2D eigenvalue weighted by molar-refractivity contribution is -0.114. The lowest BCUT2D eigenvalue weighted by Crippen LogP contribution is -2.18. The number of benzene rings is 1. The van der Waals surface area contributed by atoms with Gasteiger partial charge in [0.15, 0.2) is 22.3 Å². The number of nitrogens with one attached hydrogen (secondary N) is 1. The molecule has 27 heavy (non-hydrogen) atoms. The number of rotatable bonds is 7. The number of carbonyl (C=O) groups is 2. The number of hydrogen-bond donors (Lipinski definition) is 2. The number of fused-ring (bicyclic) bond motifs is 1. The minimum Gasteiger partial charge on any atom is -0.454 e. The molecule has 1 aliphatic rings. The standard InChI is InChI=1S/C17H19IN4O4S/c1-3-4-5-22-16(20-9(2)23)14(15(19)24)21-17(22)27-13-7-12-11(6-10(13)18)25-8-26-12/h6-7H,3-5,8H2,1-2H3,(H2,19,24)(H,20,23). The van der Waals surface area contributed by atoms with E-state index in [1.807, 2.05) is 16.7 Å². The Hall–Kier alpha value is -1.95. The van der Waals surface area contributed by atoms with Gasteiger partial charge in [0.25, 0.3) is 5.91 Å². The van der Waals surface area contributed by atoms with Gasteiger partial charge < -0.3 is 25.1 Å². The summed E-state index contributed by atoms with van der Waals surface area (Å²) in [6.07, 6.45) is 1.82. The lowest BCUT2D eigenvalue weighted by atomic mass is 10.3. The molecule has 3 rings (SSSR count). The molecule has 0 saturated heterocycles. The highest BCUT2D eigenvalue weighted by molar-refractivity contribution is 14.1. The van der Waals surface area contributed by atoms with Gasteiger partial charge in [-0.1, -0.05) is 25.1 Å². The molecular weight excluding hydrogens is 483 g/mol. The molecule has 2 amide bonds. The molecule has 2 heterocycles. The average Bonchev–Trinajstić information content (AvgIpc) is 3.17. The van der Waals surface area contributed by atoms with Gasteiger partial charge in [-0.2, -0.15) is 0 Å². The van der Waals surface area contributed by atoms with Crippen LogP contribution in [-0.4, -0.2) is 28.2 Å². The quantitative estimate of drug-likeness (QED) is 0.563. The topological polar surface area (TPSA) is 108 Å². The van der Waals surface area contributed by atoms with Gasteiger partial charge in [-0.25, -0.2) is 4.98 Å². The minimum atomic E-state index is -0.684. The normalized spacial score (nSPS) is 12.3. The molecule has 1 aliphatic heterocycles. The summed E-state index contributed by atoms with van der Waals surface area (Å²) in [5.74, 6) is 0.735. The smallest absolute Gasteiger partial charge is 0.271 e. The summed E-state index contributed by atoms with van der Waals surface area (Å²) in [6, 6.07) is 3.78. The number of halogens is 1. The first-order valence-electron chi connectivity index (χ1n) is 8.35. The van der Waals surface area contributed by atoms with Crippen LogP contribution in [0.25, 0.3) is 0 Å². The molecule has 0 aliphatic carbocycles. The highest BCUT2D eigenvalue weighted by Crippen LogP contribution is 2.41. The molecule has 1 aromatic carbocycles. The van der Waals surface area contributed by atoms with Crippen molar-refractivity contribution in [2.24, 2.45) is 5.73 Å². The van der Waals surface area contributed by atoms with Gasteiger partial charge in [0, 0.05) is 21.9 Å². The van der Waals surface area contributed by atoms with E-state index in [1.165, 1.54) is 18.7 Å². The molecule has 0 fully saturated rings. The van der Waals surface area contributed by atoms with E-state index in [1.54, 1.807) is 0 Å². The molecule has 0 radical (unpaired) electrons. The second-order valence-electron chi connectivity index (χ2n) is 5.88. The van der Waals surface area contributed by atoms with E-state index in [4.69, 9.17) is 15.2 Å². The van der Waals surface area contributed by atoms with E-state index in [-0.39, 0.29) is 18.4 Å². The van der Waals surface area contributed by atoms with Crippen LogP contribution < -0.4 is 20.5 Å². The number of nitrogens with two attached hydrogens (primary N) is 1. The molecule has 8 nitrogen and oxygen atoms in total. The van der Waals surface area contributed by atoms with Gasteiger partial charge >= 0.3 is 0 Å². The molecule has 2 aromatic rings. The van der Waals surface area contributed by atoms with E-state index < -0.39 is 5.91 Å². The van der Waals surface area contributed by atoms with E-state index >= 15 is 0 Å². The number of carbonyl (C=O) groups excluding carboxylic acids is 2. The first kappa shape index (κ1) is 19.8. The molecule has 10 heteroatoms. The maximum Gasteiger partial charge on any atom is 0.271 e. The number of primary amides is 1. The predicted molar refractivity (Wildman–Crippen MR) is 109 cm³/mol. The van der Waals surface area contributed by atoms with Gasteiger partial charge in [0.05, 0.1) is 0 Å². The fourth-order valence-corrected chi connectivity index (χ4v) is 4.29. The van der Waals surface area contributed by atoms with Crippen molar-refractivity contribution in [3.8, 4) is 11.5 Å². The van der Waals surface area contributed by atoms with Crippen LogP contribution in [0, 0.1) is 3.57 Å². The Kier molecular flexibility index (Phi) is 6.15. The van der Waals surface area contributed by atoms with Gasteiger partial charge in [0.1, 0.15) is 5.82 Å². The van der Waals surface area contributed by atoms with Crippen LogP contribution in [0.5, 0.6) is 11.5 Å². The lowest BCUT2D eigenvalue weighted by Gasteiger charge is -2.12. The van der Waals surface area contributed by atoms with Crippen molar-refractivity contribution >= 4 is 52.0 Å². The molecule has 0 saturated carbocycles. The van der Waals surface area contributed by atoms with Crippen molar-refractivity contribution in [2.45, 2.75) is 43.3 Å². The van der Waals surface area contributed by atoms with E-state index in [0.29, 0.717) is 29.0 Å². The molecule has 144 valence electrons. The Balaban J connectivity index is 2.03. The number of amides is 2. The van der Waals surface area contributed by atoms with Crippen LogP contribution in [0.2, 0.25) is 0 Å². The van der Waals surface area contributed by atoms with Crippen molar-refractivity contribution in [2.75, 3.05) is 12.1 Å². The van der Waals surface area contributed by atoms with E-state index in [9.17, 15) is 9.59 Å². The number of nitrogens with zero attached hydrogens (tertiary/aromatic N) is 2. The number of imidazole rings is 1. The third kappa shape index (κ3) is 4.32. The van der Waals surface area contributed by atoms with Gasteiger partial charge in [-0.3, -0.25) is 9.59 Å². The van der Waals surface area contributed by atoms with Crippen LogP contribution in [0.15, 0.2) is 22.2 Å². The summed E-state index contributed by atoms with van der Waals surface area (Å²) in [5, 5.41) is 3.28. The Labute approximate surface area is 174 Å². The third-order valence-electron chi connectivity index (χ3n) is 3.82. The van der Waals surface area contributed by atoms with Crippen molar-refractivity contribution in [1.82, 2.24) is 9.55 Å². The molecule has 0 unspecified atom stereocenters. The molecule has 0 spiro atoms. The molecule has 0 bridgehead atoms. The number of anilines is 1. The maximum absolute atomic E-state index is 11.9. The van der Waals surface area contributed by atoms with Crippen molar-refractivity contribution in [3.63, 3.8) is 0 Å². The zero-order valence-electron chi connectivity index (χ0n) is 14.9. The summed E-state index contributed by atoms with van der Waals surface area (Å²) in [6.45, 7) is 4.26. The Morgan fingerprint density at radius 1 is 1.37 bits per heavy atom. The van der Waals surface area contributed by atoms with Crippen LogP contribution in [0.1, 0.15) is 37.2 Å². The second-order valence-corrected chi connectivity index (χ2v) is 8.05. The molecule has 0 atom stereocenters. The second kappa shape index (κ2) is 8.38. The first-order valence-corrected chi connectivity index (χ1v) is 10.2. The highest BCUT2D eigenvalue weighted by Gasteiger charge is 2.24. The molecule has 1 aromatic heterocycles. The number of hydrogen-bond acceptors (Lipinski definition) is 6. The van der Waals surface area contributed by atoms with Crippen LogP contribution in [0.4, 0.5) is 5.82 Å². The minimum absolute atomic E-state index is 0.0551. The maximum atomic E-state index is 11.9. The fourth-order valence-electron chi connectivity index (χ4n) is 2.57. The Morgan fingerprint density at radius 3 is 2.70 bits per heavy atom. The first-order chi connectivity index (χ1) is 12.9. The highest BCUT2D eigenvalue weighted by atomic mass is 127. The van der Waals surface area contributed by atoms with Crippen molar-refractivity contribution in [3.05, 3.63) is 21.4 Å². The summed E-state index contributed by atoms with van der Waals surface area (Å²) in [4.78, 5) is 28.8. The zero-order chi connectivity index (χ0) is 19.6. The predicted octanol–water partition coefficient (Wildman–Crippen LogP) is 3.22. The summed E-state index contributed by atoms with van der Waals surface area (Å²) < 4.78 is 13.6. The number of unbranched alkanes of at least 4 members (excludes halogenated alkanes) is 1. The van der Waals surface area contributed by atoms with Crippen molar-refractivity contribution < 1.29 is 19.1 Å². The van der Waals surface area contributed by atoms with Gasteiger partial charge in [-0.15, -0.1) is 0 Å². The SMILES string of the molecule is CCCCn1c(Sc2cc3c(cc2I)OCO3)nc(C(N)=O)c1NC(C)=O. The fraction of sp³-hybridized carbons (Fsp3) is 0.353. The van der Waals surface area contributed by atoms with Crippen molar-refractivity contribution in [1.29, 1.82) is 0 Å². The van der Waals surface area contributed by atoms with Gasteiger partial charge in [0.2, 0.25) is 12.7 Å². The molecule has 3 N–H and O–H groups in total. The monoisotopic (exact) mass is 502 g/mol. The van der Waals surface area contributed by atoms with E-state index in [2.05, 4.69) is 39.8 Å². The van der Waals surface area contributed by atoms with E-state index in [0.717, 1.165) is 21.3 Å². The molecular formula is C17H19IN4O4S. The largest absolute Gasteiger partial charge is 0.454 e. The average molecular weight is 502 g/mol. The third-order valence-corrected chi connectivity index (χ3v) is 6.13.